The third kappa shape index (κ3) is 4.74. The summed E-state index contributed by atoms with van der Waals surface area (Å²) in [6, 6.07) is -2.70. The molecule has 1 aromatic rings. The van der Waals surface area contributed by atoms with Gasteiger partial charge in [0, 0.05) is 6.07 Å². The van der Waals surface area contributed by atoms with E-state index in [0.717, 1.165) is 7.11 Å². The molecule has 0 amide bonds. The van der Waals surface area contributed by atoms with E-state index < -0.39 is 76.6 Å². The fourth-order valence-corrected chi connectivity index (χ4v) is 2.29. The number of alkyl halides is 15. The molecular weight excluding hydrogens is 591 g/mol. The molecule has 0 fully saturated rings. The number of benzene rings is 1. The average Bonchev–Trinajstić information content (AvgIpc) is 2.76. The van der Waals surface area contributed by atoms with E-state index in [0.29, 0.717) is 6.07 Å². The Hall–Kier alpha value is -3.16. The van der Waals surface area contributed by atoms with Crippen LogP contribution in [0.2, 0.25) is 0 Å². The second-order valence-electron chi connectivity index (χ2n) is 6.80. The molecule has 0 bridgehead atoms. The third-order valence-electron chi connectivity index (χ3n) is 4.39. The molecule has 1 rings (SSSR count). The highest BCUT2D eigenvalue weighted by atomic mass is 19.4. The lowest BCUT2D eigenvalue weighted by molar-refractivity contribution is -0.451. The lowest BCUT2D eigenvalue weighted by Crippen LogP contribution is -2.72. The first-order valence-electron chi connectivity index (χ1n) is 8.65. The van der Waals surface area contributed by atoms with Crippen molar-refractivity contribution < 1.29 is 94.0 Å². The first-order chi connectivity index (χ1) is 16.7. The maximum absolute atomic E-state index is 13.7. The van der Waals surface area contributed by atoms with Crippen LogP contribution in [0.5, 0.6) is 11.5 Å². The van der Waals surface area contributed by atoms with Gasteiger partial charge in [0.2, 0.25) is 5.83 Å². The van der Waals surface area contributed by atoms with Crippen LogP contribution in [0.15, 0.2) is 30.0 Å². The summed E-state index contributed by atoms with van der Waals surface area (Å²) < 4.78 is 232. The van der Waals surface area contributed by atoms with Gasteiger partial charge in [0.1, 0.15) is 17.1 Å². The van der Waals surface area contributed by atoms with E-state index in [1.807, 2.05) is 0 Å². The quantitative estimate of drug-likeness (QED) is 0.228. The molecule has 0 unspecified atom stereocenters. The smallest absolute Gasteiger partial charge is 0.460 e. The van der Waals surface area contributed by atoms with Crippen LogP contribution in [0.3, 0.4) is 0 Å². The van der Waals surface area contributed by atoms with Gasteiger partial charge in [-0.3, -0.25) is 0 Å². The summed E-state index contributed by atoms with van der Waals surface area (Å²) in [5, 5.41) is 8.81. The fraction of sp³-hybridized carbons (Fsp3) is 0.471. The minimum Gasteiger partial charge on any atom is -0.496 e. The summed E-state index contributed by atoms with van der Waals surface area (Å²) in [6.07, 6.45) is -7.82. The Morgan fingerprint density at radius 1 is 0.711 bits per heavy atom. The summed E-state index contributed by atoms with van der Waals surface area (Å²) in [7, 11) is 0.743. The molecule has 218 valence electrons. The fourth-order valence-electron chi connectivity index (χ4n) is 2.29. The van der Waals surface area contributed by atoms with E-state index in [9.17, 15) is 79.4 Å². The Balaban J connectivity index is 3.60. The van der Waals surface area contributed by atoms with Crippen molar-refractivity contribution in [3.63, 3.8) is 0 Å². The van der Waals surface area contributed by atoms with Crippen molar-refractivity contribution in [2.45, 2.75) is 41.7 Å². The number of halogens is 17. The lowest BCUT2D eigenvalue weighted by Gasteiger charge is -2.41. The predicted octanol–water partition coefficient (Wildman–Crippen LogP) is 7.25. The van der Waals surface area contributed by atoms with E-state index in [4.69, 9.17) is 5.11 Å². The second kappa shape index (κ2) is 9.54. The van der Waals surface area contributed by atoms with Gasteiger partial charge >= 0.3 is 53.7 Å². The number of hydrogen-bond donors (Lipinski definition) is 1. The van der Waals surface area contributed by atoms with Crippen molar-refractivity contribution in [2.24, 2.45) is 0 Å². The standard InChI is InChI=1S/C17H7F17O4/c1-37-7-4-5(2-3-6(7)10(35)36)38-9(19)8(18)11(20,21)12(22,23)13(24,25)14(26,27)15(28,29)16(30,31)17(32,33)34/h2-4H,1H3,(H,35,36). The van der Waals surface area contributed by atoms with Crippen molar-refractivity contribution in [1.82, 2.24) is 0 Å². The minimum atomic E-state index is -8.69. The number of methoxy groups -OCH3 is 1. The van der Waals surface area contributed by atoms with Crippen LogP contribution in [0.4, 0.5) is 74.6 Å². The molecule has 0 aliphatic heterocycles. The molecule has 38 heavy (non-hydrogen) atoms. The summed E-state index contributed by atoms with van der Waals surface area (Å²) in [5.41, 5.74) is -0.764. The Labute approximate surface area is 197 Å². The minimum absolute atomic E-state index is 0.245. The molecule has 1 N–H and O–H groups in total. The number of carboxylic acids is 1. The van der Waals surface area contributed by atoms with Gasteiger partial charge in [-0.15, -0.1) is 0 Å². The van der Waals surface area contributed by atoms with Gasteiger partial charge in [-0.05, 0) is 12.1 Å². The van der Waals surface area contributed by atoms with E-state index in [-0.39, 0.29) is 12.1 Å². The first kappa shape index (κ1) is 32.9. The normalized spacial score (nSPS) is 15.2. The summed E-state index contributed by atoms with van der Waals surface area (Å²) in [4.78, 5) is 10.9. The molecule has 0 atom stereocenters. The molecule has 4 nitrogen and oxygen atoms in total. The second-order valence-corrected chi connectivity index (χ2v) is 6.80. The number of carboxylic acid groups (broad SMARTS) is 1. The molecule has 0 saturated carbocycles. The summed E-state index contributed by atoms with van der Waals surface area (Å²) in [5.74, 6) is -58.6. The van der Waals surface area contributed by atoms with Crippen molar-refractivity contribution in [3.8, 4) is 11.5 Å². The molecule has 0 radical (unpaired) electrons. The van der Waals surface area contributed by atoms with Crippen LogP contribution < -0.4 is 9.47 Å². The topological polar surface area (TPSA) is 55.8 Å². The molecule has 0 heterocycles. The Bertz CT molecular complexity index is 1090. The number of allylic oxidation sites excluding steroid dienone is 1. The maximum atomic E-state index is 13.7. The van der Waals surface area contributed by atoms with Crippen molar-refractivity contribution in [1.29, 1.82) is 0 Å². The van der Waals surface area contributed by atoms with Gasteiger partial charge < -0.3 is 14.6 Å². The monoisotopic (exact) mass is 598 g/mol. The van der Waals surface area contributed by atoms with Crippen molar-refractivity contribution in [3.05, 3.63) is 35.6 Å². The zero-order valence-corrected chi connectivity index (χ0v) is 17.3. The third-order valence-corrected chi connectivity index (χ3v) is 4.39. The number of hydrogen-bond acceptors (Lipinski definition) is 3. The molecule has 0 aromatic heterocycles. The maximum Gasteiger partial charge on any atom is 0.460 e. The Morgan fingerprint density at radius 3 is 1.53 bits per heavy atom. The zero-order valence-electron chi connectivity index (χ0n) is 17.3. The molecule has 21 heteroatoms. The van der Waals surface area contributed by atoms with Crippen LogP contribution in [0, 0.1) is 0 Å². The van der Waals surface area contributed by atoms with E-state index in [1.165, 1.54) is 0 Å². The number of aromatic carboxylic acids is 1. The average molecular weight is 598 g/mol. The first-order valence-corrected chi connectivity index (χ1v) is 8.65. The van der Waals surface area contributed by atoms with Crippen molar-refractivity contribution in [2.75, 3.05) is 7.11 Å². The Morgan fingerprint density at radius 2 is 1.13 bits per heavy atom. The number of carbonyl (C=O) groups is 1. The van der Waals surface area contributed by atoms with Gasteiger partial charge in [-0.1, -0.05) is 0 Å². The van der Waals surface area contributed by atoms with Gasteiger partial charge in [0.15, 0.2) is 0 Å². The molecule has 0 aliphatic carbocycles. The molecular formula is C17H7F17O4. The molecule has 0 spiro atoms. The largest absolute Gasteiger partial charge is 0.496 e. The molecule has 0 aliphatic rings. The van der Waals surface area contributed by atoms with E-state index in [2.05, 4.69) is 9.47 Å². The van der Waals surface area contributed by atoms with Gasteiger partial charge in [-0.2, -0.15) is 74.6 Å². The highest BCUT2D eigenvalue weighted by Crippen LogP contribution is 2.63. The van der Waals surface area contributed by atoms with Crippen LogP contribution >= 0.6 is 0 Å². The SMILES string of the molecule is COc1cc(OC(F)=C(F)C(F)(F)C(F)(F)C(F)(F)C(F)(F)C(F)(F)C(F)(F)C(F)(F)F)ccc1C(=O)O. The highest BCUT2D eigenvalue weighted by molar-refractivity contribution is 5.91. The van der Waals surface area contributed by atoms with Crippen LogP contribution in [-0.4, -0.2) is 59.9 Å². The molecule has 1 aromatic carbocycles. The summed E-state index contributed by atoms with van der Waals surface area (Å²) >= 11 is 0. The van der Waals surface area contributed by atoms with Gasteiger partial charge in [-0.25, -0.2) is 4.79 Å². The highest BCUT2D eigenvalue weighted by Gasteiger charge is 2.93. The predicted molar refractivity (Wildman–Crippen MR) is 85.6 cm³/mol. The van der Waals surface area contributed by atoms with Crippen LogP contribution in [0.1, 0.15) is 10.4 Å². The lowest BCUT2D eigenvalue weighted by atomic mass is 9.91. The van der Waals surface area contributed by atoms with Crippen LogP contribution in [-0.2, 0) is 0 Å². The van der Waals surface area contributed by atoms with Gasteiger partial charge in [0.25, 0.3) is 0 Å². The van der Waals surface area contributed by atoms with Gasteiger partial charge in [0.05, 0.1) is 7.11 Å². The number of rotatable bonds is 10. The van der Waals surface area contributed by atoms with Crippen molar-refractivity contribution >= 4 is 5.97 Å². The Kier molecular flexibility index (Phi) is 8.25. The number of ether oxygens (including phenoxy) is 2. The summed E-state index contributed by atoms with van der Waals surface area (Å²) in [6.45, 7) is 0. The van der Waals surface area contributed by atoms with Crippen LogP contribution in [0.25, 0.3) is 0 Å². The molecule has 0 saturated heterocycles. The van der Waals surface area contributed by atoms with E-state index in [1.54, 1.807) is 0 Å². The van der Waals surface area contributed by atoms with E-state index >= 15 is 0 Å². The zero-order chi connectivity index (χ0) is 30.5.